The molecule has 2 aromatic heterocycles. The van der Waals surface area contributed by atoms with Crippen molar-refractivity contribution in [2.45, 2.75) is 31.6 Å². The Morgan fingerprint density at radius 2 is 1.54 bits per heavy atom. The molecule has 7 nitrogen and oxygen atoms in total. The van der Waals surface area contributed by atoms with Crippen LogP contribution in [0.5, 0.6) is 0 Å². The number of amides is 1. The molecule has 0 aliphatic heterocycles. The quantitative estimate of drug-likeness (QED) is 0.454. The Bertz CT molecular complexity index is 1100. The SMILES string of the molecule is O=C(CCc1cnoc1-c1ccc(C(F)(F)F)cc1)NCCc1ccncc1.O=C(O)C(F)(F)F. The molecule has 2 heterocycles. The number of aromatic nitrogens is 2. The van der Waals surface area contributed by atoms with E-state index < -0.39 is 23.9 Å². The van der Waals surface area contributed by atoms with Crippen LogP contribution in [0.1, 0.15) is 23.1 Å². The summed E-state index contributed by atoms with van der Waals surface area (Å²) in [6.07, 6.45) is -3.28. The van der Waals surface area contributed by atoms with E-state index in [1.54, 1.807) is 12.4 Å². The van der Waals surface area contributed by atoms with Crippen LogP contribution in [0, 0.1) is 0 Å². The van der Waals surface area contributed by atoms with Crippen molar-refractivity contribution >= 4 is 11.9 Å². The topological polar surface area (TPSA) is 105 Å². The minimum Gasteiger partial charge on any atom is -0.475 e. The van der Waals surface area contributed by atoms with Gasteiger partial charge in [-0.3, -0.25) is 9.78 Å². The van der Waals surface area contributed by atoms with E-state index in [4.69, 9.17) is 14.4 Å². The van der Waals surface area contributed by atoms with E-state index in [-0.39, 0.29) is 12.3 Å². The number of halogens is 6. The van der Waals surface area contributed by atoms with Crippen molar-refractivity contribution in [3.63, 3.8) is 0 Å². The third-order valence-corrected chi connectivity index (χ3v) is 4.47. The molecule has 0 unspecified atom stereocenters. The average Bonchev–Trinajstić information content (AvgIpc) is 3.26. The van der Waals surface area contributed by atoms with Gasteiger partial charge in [0.15, 0.2) is 5.76 Å². The van der Waals surface area contributed by atoms with Gasteiger partial charge in [-0.1, -0.05) is 17.3 Å². The van der Waals surface area contributed by atoms with Crippen LogP contribution in [0.4, 0.5) is 26.3 Å². The van der Waals surface area contributed by atoms with E-state index in [9.17, 15) is 31.1 Å². The number of benzene rings is 1. The molecule has 1 amide bonds. The first-order valence-corrected chi connectivity index (χ1v) is 9.95. The zero-order valence-electron chi connectivity index (χ0n) is 17.9. The van der Waals surface area contributed by atoms with Gasteiger partial charge in [0, 0.05) is 36.5 Å². The van der Waals surface area contributed by atoms with Crippen molar-refractivity contribution in [1.29, 1.82) is 0 Å². The van der Waals surface area contributed by atoms with Gasteiger partial charge in [0.05, 0.1) is 11.8 Å². The summed E-state index contributed by atoms with van der Waals surface area (Å²) in [4.78, 5) is 24.9. The fourth-order valence-electron chi connectivity index (χ4n) is 2.72. The highest BCUT2D eigenvalue weighted by Crippen LogP contribution is 2.32. The normalized spacial score (nSPS) is 11.4. The number of alkyl halides is 6. The van der Waals surface area contributed by atoms with Gasteiger partial charge >= 0.3 is 18.3 Å². The van der Waals surface area contributed by atoms with Crippen molar-refractivity contribution in [3.05, 3.63) is 71.7 Å². The largest absolute Gasteiger partial charge is 0.490 e. The van der Waals surface area contributed by atoms with Crippen LogP contribution in [0.25, 0.3) is 11.3 Å². The summed E-state index contributed by atoms with van der Waals surface area (Å²) in [7, 11) is 0. The summed E-state index contributed by atoms with van der Waals surface area (Å²) in [6, 6.07) is 8.43. The highest BCUT2D eigenvalue weighted by atomic mass is 19.4. The molecule has 13 heteroatoms. The van der Waals surface area contributed by atoms with Crippen molar-refractivity contribution < 1.29 is 45.6 Å². The number of hydrogen-bond acceptors (Lipinski definition) is 5. The van der Waals surface area contributed by atoms with E-state index in [2.05, 4.69) is 15.5 Å². The number of carbonyl (C=O) groups excluding carboxylic acids is 1. The molecular weight excluding hydrogens is 484 g/mol. The highest BCUT2D eigenvalue weighted by Gasteiger charge is 2.38. The Kier molecular flexibility index (Phi) is 9.37. The van der Waals surface area contributed by atoms with E-state index >= 15 is 0 Å². The van der Waals surface area contributed by atoms with Crippen LogP contribution in [0.3, 0.4) is 0 Å². The molecule has 0 radical (unpaired) electrons. The van der Waals surface area contributed by atoms with Crippen LogP contribution < -0.4 is 5.32 Å². The van der Waals surface area contributed by atoms with Gasteiger partial charge in [-0.25, -0.2) is 4.79 Å². The van der Waals surface area contributed by atoms with Crippen molar-refractivity contribution in [2.24, 2.45) is 0 Å². The summed E-state index contributed by atoms with van der Waals surface area (Å²) in [5.74, 6) is -2.50. The molecule has 0 aliphatic carbocycles. The minimum absolute atomic E-state index is 0.117. The van der Waals surface area contributed by atoms with Crippen molar-refractivity contribution in [3.8, 4) is 11.3 Å². The molecule has 2 N–H and O–H groups in total. The smallest absolute Gasteiger partial charge is 0.475 e. The monoisotopic (exact) mass is 503 g/mol. The van der Waals surface area contributed by atoms with E-state index in [1.165, 1.54) is 18.3 Å². The molecular formula is C22H19F6N3O4. The van der Waals surface area contributed by atoms with Crippen LogP contribution >= 0.6 is 0 Å². The summed E-state index contributed by atoms with van der Waals surface area (Å²) >= 11 is 0. The number of aryl methyl sites for hydroxylation is 1. The van der Waals surface area contributed by atoms with Crippen LogP contribution in [0.15, 0.2) is 59.5 Å². The predicted octanol–water partition coefficient (Wildman–Crippen LogP) is 4.68. The molecule has 0 saturated heterocycles. The molecule has 3 aromatic rings. The zero-order valence-corrected chi connectivity index (χ0v) is 17.9. The molecule has 0 fully saturated rings. The first kappa shape index (κ1) is 27.3. The van der Waals surface area contributed by atoms with Crippen molar-refractivity contribution in [1.82, 2.24) is 15.5 Å². The van der Waals surface area contributed by atoms with Gasteiger partial charge < -0.3 is 14.9 Å². The fourth-order valence-corrected chi connectivity index (χ4v) is 2.72. The Labute approximate surface area is 194 Å². The number of hydrogen-bond donors (Lipinski definition) is 2. The summed E-state index contributed by atoms with van der Waals surface area (Å²) in [5.41, 5.74) is 1.51. The van der Waals surface area contributed by atoms with Crippen LogP contribution in [-0.2, 0) is 28.6 Å². The first-order valence-electron chi connectivity index (χ1n) is 9.95. The standard InChI is InChI=1S/C20H18F3N3O2.C2HF3O2/c21-20(22,23)17-4-1-15(2-5-17)19-16(13-26-28-19)3-6-18(27)25-12-9-14-7-10-24-11-8-14;3-2(4,5)1(6)7/h1-2,4-5,7-8,10-11,13H,3,6,9,12H2,(H,25,27);(H,6,7). The molecule has 0 atom stereocenters. The summed E-state index contributed by atoms with van der Waals surface area (Å²) < 4.78 is 74.9. The fraction of sp³-hybridized carbons (Fsp3) is 0.273. The lowest BCUT2D eigenvalue weighted by Gasteiger charge is -2.07. The number of nitrogens with zero attached hydrogens (tertiary/aromatic N) is 2. The van der Waals surface area contributed by atoms with Gasteiger partial charge in [-0.2, -0.15) is 26.3 Å². The number of pyridine rings is 1. The van der Waals surface area contributed by atoms with E-state index in [0.29, 0.717) is 36.3 Å². The maximum Gasteiger partial charge on any atom is 0.490 e. The Balaban J connectivity index is 0.000000540. The van der Waals surface area contributed by atoms with E-state index in [1.807, 2.05) is 12.1 Å². The molecule has 0 bridgehead atoms. The molecule has 1 aromatic carbocycles. The molecule has 0 saturated carbocycles. The second-order valence-electron chi connectivity index (χ2n) is 7.01. The lowest BCUT2D eigenvalue weighted by atomic mass is 10.0. The third-order valence-electron chi connectivity index (χ3n) is 4.47. The van der Waals surface area contributed by atoms with Gasteiger partial charge in [-0.05, 0) is 42.7 Å². The average molecular weight is 503 g/mol. The Morgan fingerprint density at radius 1 is 0.943 bits per heavy atom. The van der Waals surface area contributed by atoms with Crippen LogP contribution in [0.2, 0.25) is 0 Å². The number of rotatable bonds is 7. The van der Waals surface area contributed by atoms with Crippen molar-refractivity contribution in [2.75, 3.05) is 6.54 Å². The lowest BCUT2D eigenvalue weighted by molar-refractivity contribution is -0.192. The maximum atomic E-state index is 12.7. The summed E-state index contributed by atoms with van der Waals surface area (Å²) in [5, 5.41) is 13.7. The predicted molar refractivity (Wildman–Crippen MR) is 110 cm³/mol. The number of nitrogens with one attached hydrogen (secondary N) is 1. The molecule has 0 aliphatic rings. The van der Waals surface area contributed by atoms with Crippen LogP contribution in [-0.4, -0.2) is 39.8 Å². The van der Waals surface area contributed by atoms with Gasteiger partial charge in [-0.15, -0.1) is 0 Å². The molecule has 3 rings (SSSR count). The van der Waals surface area contributed by atoms with Gasteiger partial charge in [0.25, 0.3) is 0 Å². The highest BCUT2D eigenvalue weighted by molar-refractivity contribution is 5.76. The third kappa shape index (κ3) is 9.10. The Hall–Kier alpha value is -3.90. The second-order valence-corrected chi connectivity index (χ2v) is 7.01. The minimum atomic E-state index is -5.08. The number of carboxylic acids is 1. The molecule has 35 heavy (non-hydrogen) atoms. The molecule has 0 spiro atoms. The lowest BCUT2D eigenvalue weighted by Crippen LogP contribution is -2.25. The van der Waals surface area contributed by atoms with Gasteiger partial charge in [0.2, 0.25) is 5.91 Å². The summed E-state index contributed by atoms with van der Waals surface area (Å²) in [6.45, 7) is 0.512. The molecule has 188 valence electrons. The Morgan fingerprint density at radius 3 is 2.09 bits per heavy atom. The van der Waals surface area contributed by atoms with E-state index in [0.717, 1.165) is 17.7 Å². The maximum absolute atomic E-state index is 12.7. The number of aliphatic carboxylic acids is 1. The zero-order chi connectivity index (χ0) is 26.1. The first-order chi connectivity index (χ1) is 16.4. The number of carbonyl (C=O) groups is 2. The number of carboxylic acid groups (broad SMARTS) is 1. The van der Waals surface area contributed by atoms with Gasteiger partial charge in [0.1, 0.15) is 0 Å². The second kappa shape index (κ2) is 12.0.